The number of rotatable bonds is 7. The van der Waals surface area contributed by atoms with Crippen LogP contribution in [0, 0.1) is 0 Å². The maximum atomic E-state index is 12.9. The molecule has 1 aliphatic rings. The van der Waals surface area contributed by atoms with E-state index in [4.69, 9.17) is 4.74 Å². The van der Waals surface area contributed by atoms with Crippen LogP contribution in [0.2, 0.25) is 0 Å². The number of fused-ring (bicyclic) bond motifs is 1. The predicted octanol–water partition coefficient (Wildman–Crippen LogP) is 3.91. The summed E-state index contributed by atoms with van der Waals surface area (Å²) in [6, 6.07) is 23.9. The molecule has 0 unspecified atom stereocenters. The van der Waals surface area contributed by atoms with Crippen molar-refractivity contribution in [3.8, 4) is 0 Å². The molecule has 3 N–H and O–H groups in total. The number of para-hydroxylation sites is 1. The van der Waals surface area contributed by atoms with Gasteiger partial charge < -0.3 is 20.7 Å². The van der Waals surface area contributed by atoms with Crippen LogP contribution in [0.25, 0.3) is 11.3 Å². The van der Waals surface area contributed by atoms with E-state index in [1.54, 1.807) is 25.1 Å². The van der Waals surface area contributed by atoms with E-state index in [2.05, 4.69) is 16.0 Å². The Hall–Kier alpha value is -4.39. The van der Waals surface area contributed by atoms with Gasteiger partial charge in [0, 0.05) is 22.5 Å². The molecule has 0 radical (unpaired) electrons. The lowest BCUT2D eigenvalue weighted by atomic mass is 10.00. The maximum Gasteiger partial charge on any atom is 0.325 e. The second-order valence-corrected chi connectivity index (χ2v) is 7.31. The first kappa shape index (κ1) is 21.8. The summed E-state index contributed by atoms with van der Waals surface area (Å²) in [5.74, 6) is -1.10. The van der Waals surface area contributed by atoms with Crippen molar-refractivity contribution in [2.45, 2.75) is 6.92 Å². The second kappa shape index (κ2) is 9.82. The van der Waals surface area contributed by atoms with Gasteiger partial charge in [-0.25, -0.2) is 0 Å². The summed E-state index contributed by atoms with van der Waals surface area (Å²) >= 11 is 0. The quantitative estimate of drug-likeness (QED) is 0.382. The van der Waals surface area contributed by atoms with Crippen molar-refractivity contribution in [1.82, 2.24) is 5.32 Å². The predicted molar refractivity (Wildman–Crippen MR) is 127 cm³/mol. The number of ether oxygens (including phenoxy) is 1. The molecule has 3 aromatic carbocycles. The van der Waals surface area contributed by atoms with Gasteiger partial charge in [0.2, 0.25) is 0 Å². The number of nitrogens with one attached hydrogen (secondary N) is 3. The molecule has 1 heterocycles. The number of carbonyl (C=O) groups is 3. The van der Waals surface area contributed by atoms with E-state index in [0.717, 1.165) is 16.8 Å². The number of amides is 2. The highest BCUT2D eigenvalue weighted by Crippen LogP contribution is 2.37. The zero-order chi connectivity index (χ0) is 23.2. The van der Waals surface area contributed by atoms with Crippen LogP contribution >= 0.6 is 0 Å². The lowest BCUT2D eigenvalue weighted by molar-refractivity contribution is -0.141. The second-order valence-electron chi connectivity index (χ2n) is 7.31. The Morgan fingerprint density at radius 1 is 0.909 bits per heavy atom. The maximum absolute atomic E-state index is 12.9. The van der Waals surface area contributed by atoms with Crippen LogP contribution in [0.5, 0.6) is 0 Å². The van der Waals surface area contributed by atoms with Crippen molar-refractivity contribution >= 4 is 40.4 Å². The number of carbonyl (C=O) groups excluding carboxylic acids is 3. The topological polar surface area (TPSA) is 96.5 Å². The monoisotopic (exact) mass is 441 g/mol. The van der Waals surface area contributed by atoms with Crippen LogP contribution < -0.4 is 16.0 Å². The molecule has 0 saturated heterocycles. The zero-order valence-electron chi connectivity index (χ0n) is 18.1. The van der Waals surface area contributed by atoms with Crippen molar-refractivity contribution in [3.63, 3.8) is 0 Å². The third-order valence-corrected chi connectivity index (χ3v) is 5.08. The molecule has 4 rings (SSSR count). The van der Waals surface area contributed by atoms with Gasteiger partial charge in [-0.05, 0) is 36.8 Å². The average molecular weight is 441 g/mol. The summed E-state index contributed by atoms with van der Waals surface area (Å²) in [6.07, 6.45) is 0. The van der Waals surface area contributed by atoms with Crippen LogP contribution in [0.4, 0.5) is 11.4 Å². The molecule has 7 heteroatoms. The van der Waals surface area contributed by atoms with Crippen LogP contribution in [0.1, 0.15) is 28.4 Å². The van der Waals surface area contributed by atoms with Gasteiger partial charge in [0.05, 0.1) is 17.9 Å². The minimum absolute atomic E-state index is 0.203. The summed E-state index contributed by atoms with van der Waals surface area (Å²) in [5, 5.41) is 8.80. The smallest absolute Gasteiger partial charge is 0.325 e. The molecule has 3 aromatic rings. The third kappa shape index (κ3) is 4.93. The zero-order valence-corrected chi connectivity index (χ0v) is 18.1. The minimum atomic E-state index is -0.498. The molecular formula is C26H23N3O4. The van der Waals surface area contributed by atoms with Crippen LogP contribution in [-0.4, -0.2) is 30.9 Å². The molecule has 0 spiro atoms. The van der Waals surface area contributed by atoms with Crippen molar-refractivity contribution in [2.75, 3.05) is 23.8 Å². The Morgan fingerprint density at radius 3 is 2.42 bits per heavy atom. The first-order valence-corrected chi connectivity index (χ1v) is 10.6. The van der Waals surface area contributed by atoms with Crippen molar-refractivity contribution in [2.24, 2.45) is 0 Å². The van der Waals surface area contributed by atoms with Gasteiger partial charge in [0.1, 0.15) is 6.54 Å². The van der Waals surface area contributed by atoms with Crippen molar-refractivity contribution in [1.29, 1.82) is 0 Å². The molecule has 2 amide bonds. The highest BCUT2D eigenvalue weighted by molar-refractivity contribution is 6.37. The number of anilines is 2. The van der Waals surface area contributed by atoms with Crippen molar-refractivity contribution < 1.29 is 19.1 Å². The van der Waals surface area contributed by atoms with Gasteiger partial charge in [0.25, 0.3) is 11.8 Å². The Labute approximate surface area is 191 Å². The first-order valence-electron chi connectivity index (χ1n) is 10.6. The molecule has 0 bridgehead atoms. The molecule has 0 aromatic heterocycles. The Balaban J connectivity index is 1.67. The van der Waals surface area contributed by atoms with Crippen LogP contribution in [-0.2, 0) is 14.3 Å². The fourth-order valence-electron chi connectivity index (χ4n) is 3.60. The van der Waals surface area contributed by atoms with E-state index in [-0.39, 0.29) is 19.1 Å². The molecule has 166 valence electrons. The van der Waals surface area contributed by atoms with Gasteiger partial charge >= 0.3 is 5.97 Å². The Morgan fingerprint density at radius 2 is 1.64 bits per heavy atom. The highest BCUT2D eigenvalue weighted by atomic mass is 16.5. The summed E-state index contributed by atoms with van der Waals surface area (Å²) < 4.78 is 4.84. The number of benzene rings is 3. The molecule has 7 nitrogen and oxygen atoms in total. The van der Waals surface area contributed by atoms with E-state index < -0.39 is 11.9 Å². The van der Waals surface area contributed by atoms with E-state index in [9.17, 15) is 14.4 Å². The van der Waals surface area contributed by atoms with Crippen molar-refractivity contribution in [3.05, 3.63) is 95.6 Å². The van der Waals surface area contributed by atoms with E-state index in [1.807, 2.05) is 60.7 Å². The normalized spacial score (nSPS) is 13.5. The molecular weight excluding hydrogens is 418 g/mol. The molecule has 0 aliphatic carbocycles. The van der Waals surface area contributed by atoms with Crippen LogP contribution in [0.3, 0.4) is 0 Å². The fourth-order valence-corrected chi connectivity index (χ4v) is 3.60. The molecule has 0 saturated carbocycles. The lowest BCUT2D eigenvalue weighted by Crippen LogP contribution is -2.30. The van der Waals surface area contributed by atoms with E-state index >= 15 is 0 Å². The summed E-state index contributed by atoms with van der Waals surface area (Å²) in [7, 11) is 0. The number of esters is 1. The largest absolute Gasteiger partial charge is 0.465 e. The standard InChI is InChI=1S/C26H23N3O4/c1-2-33-22(30)16-27-25(31)18-11-8-12-19(15-18)28-24(17-9-4-3-5-10-17)23-20-13-6-7-14-21(20)29-26(23)32/h3-15,28H,2,16H2,1H3,(H,27,31)(H,29,32). The average Bonchev–Trinajstić information content (AvgIpc) is 3.17. The number of hydrogen-bond acceptors (Lipinski definition) is 5. The minimum Gasteiger partial charge on any atom is -0.465 e. The van der Waals surface area contributed by atoms with Gasteiger partial charge in [-0.1, -0.05) is 54.6 Å². The molecule has 33 heavy (non-hydrogen) atoms. The van der Waals surface area contributed by atoms with Crippen LogP contribution in [0.15, 0.2) is 78.9 Å². The molecule has 1 aliphatic heterocycles. The first-order chi connectivity index (χ1) is 16.1. The van der Waals surface area contributed by atoms with Gasteiger partial charge in [-0.15, -0.1) is 0 Å². The summed E-state index contributed by atoms with van der Waals surface area (Å²) in [4.78, 5) is 36.9. The fraction of sp³-hybridized carbons (Fsp3) is 0.115. The molecule has 0 fully saturated rings. The SMILES string of the molecule is CCOC(=O)CNC(=O)c1cccc(NC(=C2C(=O)Nc3ccccc32)c2ccccc2)c1. The summed E-state index contributed by atoms with van der Waals surface area (Å²) in [5.41, 5.74) is 4.53. The van der Waals surface area contributed by atoms with Gasteiger partial charge in [-0.2, -0.15) is 0 Å². The lowest BCUT2D eigenvalue weighted by Gasteiger charge is -2.15. The molecule has 0 atom stereocenters. The Bertz CT molecular complexity index is 1240. The van der Waals surface area contributed by atoms with Gasteiger partial charge in [-0.3, -0.25) is 14.4 Å². The highest BCUT2D eigenvalue weighted by Gasteiger charge is 2.28. The third-order valence-electron chi connectivity index (χ3n) is 5.08. The number of hydrogen-bond donors (Lipinski definition) is 3. The van der Waals surface area contributed by atoms with E-state index in [0.29, 0.717) is 22.5 Å². The summed E-state index contributed by atoms with van der Waals surface area (Å²) in [6.45, 7) is 1.75. The Kier molecular flexibility index (Phi) is 6.50. The van der Waals surface area contributed by atoms with E-state index in [1.165, 1.54) is 0 Å². The van der Waals surface area contributed by atoms with Gasteiger partial charge in [0.15, 0.2) is 0 Å².